The van der Waals surface area contributed by atoms with Crippen LogP contribution in [0, 0.1) is 5.82 Å². The molecular formula is C25H24FNO6. The maximum Gasteiger partial charge on any atom is 0.340 e. The van der Waals surface area contributed by atoms with E-state index in [9.17, 15) is 14.0 Å². The minimum absolute atomic E-state index is 0.00764. The van der Waals surface area contributed by atoms with Gasteiger partial charge in [0.1, 0.15) is 23.8 Å². The van der Waals surface area contributed by atoms with E-state index >= 15 is 0 Å². The van der Waals surface area contributed by atoms with E-state index in [2.05, 4.69) is 0 Å². The van der Waals surface area contributed by atoms with Gasteiger partial charge in [-0.2, -0.15) is 0 Å². The second-order valence-electron chi connectivity index (χ2n) is 7.71. The number of Topliss-reactive ketones (excluding diaryl/α,β-unsaturated/α-hetero) is 1. The second kappa shape index (κ2) is 9.36. The van der Waals surface area contributed by atoms with E-state index in [1.54, 1.807) is 36.4 Å². The molecule has 1 aliphatic heterocycles. The van der Waals surface area contributed by atoms with Gasteiger partial charge >= 0.3 is 5.97 Å². The molecule has 2 aromatic carbocycles. The SMILES string of the molecule is COC(=O)C1=C(N)OC2=C(C(=O)CCC2)[C@H]1c1ccc(OCc2ccccc2F)c(OC)c1. The maximum atomic E-state index is 13.9. The lowest BCUT2D eigenvalue weighted by Crippen LogP contribution is -2.31. The van der Waals surface area contributed by atoms with Gasteiger partial charge < -0.3 is 24.7 Å². The van der Waals surface area contributed by atoms with Crippen molar-refractivity contribution in [3.63, 3.8) is 0 Å². The molecule has 1 atom stereocenters. The molecule has 0 saturated carbocycles. The van der Waals surface area contributed by atoms with Crippen molar-refractivity contribution >= 4 is 11.8 Å². The summed E-state index contributed by atoms with van der Waals surface area (Å²) >= 11 is 0. The van der Waals surface area contributed by atoms with Crippen molar-refractivity contribution in [2.75, 3.05) is 14.2 Å². The Balaban J connectivity index is 1.73. The summed E-state index contributed by atoms with van der Waals surface area (Å²) in [6.45, 7) is 0.00764. The van der Waals surface area contributed by atoms with Crippen molar-refractivity contribution < 1.29 is 32.9 Å². The fourth-order valence-electron chi connectivity index (χ4n) is 4.15. The van der Waals surface area contributed by atoms with E-state index in [-0.39, 0.29) is 29.7 Å². The van der Waals surface area contributed by atoms with Gasteiger partial charge in [-0.25, -0.2) is 9.18 Å². The number of halogens is 1. The number of allylic oxidation sites excluding steroid dienone is 2. The molecule has 1 aliphatic carbocycles. The van der Waals surface area contributed by atoms with Crippen LogP contribution in [0.15, 0.2) is 65.3 Å². The Bertz CT molecular complexity index is 1170. The number of carbonyl (C=O) groups excluding carboxylic acids is 2. The highest BCUT2D eigenvalue weighted by molar-refractivity contribution is 6.03. The highest BCUT2D eigenvalue weighted by atomic mass is 19.1. The van der Waals surface area contributed by atoms with Gasteiger partial charge in [0.2, 0.25) is 5.88 Å². The van der Waals surface area contributed by atoms with Gasteiger partial charge in [0.05, 0.1) is 20.1 Å². The van der Waals surface area contributed by atoms with Gasteiger partial charge in [0.25, 0.3) is 0 Å². The van der Waals surface area contributed by atoms with Crippen LogP contribution in [0.1, 0.15) is 36.3 Å². The largest absolute Gasteiger partial charge is 0.493 e. The molecule has 1 heterocycles. The number of nitrogens with two attached hydrogens (primary N) is 1. The zero-order valence-electron chi connectivity index (χ0n) is 18.4. The van der Waals surface area contributed by atoms with Gasteiger partial charge in [-0.05, 0) is 30.2 Å². The summed E-state index contributed by atoms with van der Waals surface area (Å²) in [6.07, 6.45) is 1.55. The lowest BCUT2D eigenvalue weighted by molar-refractivity contribution is -0.136. The maximum absolute atomic E-state index is 13.9. The Morgan fingerprint density at radius 2 is 1.94 bits per heavy atom. The van der Waals surface area contributed by atoms with Crippen LogP contribution in [-0.2, 0) is 25.7 Å². The smallest absolute Gasteiger partial charge is 0.340 e. The molecule has 0 spiro atoms. The third-order valence-electron chi connectivity index (χ3n) is 5.75. The molecule has 0 bridgehead atoms. The predicted octanol–water partition coefficient (Wildman–Crippen LogP) is 3.88. The first-order chi connectivity index (χ1) is 15.9. The number of methoxy groups -OCH3 is 2. The molecule has 2 aromatic rings. The molecule has 33 heavy (non-hydrogen) atoms. The lowest BCUT2D eigenvalue weighted by atomic mass is 9.77. The van der Waals surface area contributed by atoms with Crippen LogP contribution >= 0.6 is 0 Å². The van der Waals surface area contributed by atoms with Gasteiger partial charge in [-0.15, -0.1) is 0 Å². The number of hydrogen-bond acceptors (Lipinski definition) is 7. The van der Waals surface area contributed by atoms with Gasteiger partial charge in [0.15, 0.2) is 17.3 Å². The molecule has 0 fully saturated rings. The molecule has 0 aromatic heterocycles. The summed E-state index contributed by atoms with van der Waals surface area (Å²) in [5, 5.41) is 0. The Hall–Kier alpha value is -3.81. The van der Waals surface area contributed by atoms with Crippen LogP contribution in [0.4, 0.5) is 4.39 Å². The van der Waals surface area contributed by atoms with E-state index in [0.29, 0.717) is 53.2 Å². The Morgan fingerprint density at radius 1 is 1.15 bits per heavy atom. The lowest BCUT2D eigenvalue weighted by Gasteiger charge is -2.32. The van der Waals surface area contributed by atoms with Crippen LogP contribution in [0.2, 0.25) is 0 Å². The summed E-state index contributed by atoms with van der Waals surface area (Å²) in [7, 11) is 2.72. The van der Waals surface area contributed by atoms with Crippen molar-refractivity contribution in [2.45, 2.75) is 31.8 Å². The van der Waals surface area contributed by atoms with E-state index in [1.165, 1.54) is 20.3 Å². The minimum Gasteiger partial charge on any atom is -0.493 e. The molecule has 4 rings (SSSR count). The first-order valence-corrected chi connectivity index (χ1v) is 10.5. The molecular weight excluding hydrogens is 429 g/mol. The average Bonchev–Trinajstić information content (AvgIpc) is 2.82. The van der Waals surface area contributed by atoms with E-state index < -0.39 is 11.9 Å². The third-order valence-corrected chi connectivity index (χ3v) is 5.75. The van der Waals surface area contributed by atoms with Crippen LogP contribution in [0.5, 0.6) is 11.5 Å². The van der Waals surface area contributed by atoms with Gasteiger partial charge in [-0.1, -0.05) is 24.3 Å². The number of benzene rings is 2. The zero-order valence-corrected chi connectivity index (χ0v) is 18.4. The average molecular weight is 453 g/mol. The van der Waals surface area contributed by atoms with Crippen molar-refractivity contribution in [2.24, 2.45) is 5.73 Å². The summed E-state index contributed by atoms with van der Waals surface area (Å²) in [6, 6.07) is 11.4. The van der Waals surface area contributed by atoms with Gasteiger partial charge in [0, 0.05) is 24.0 Å². The Labute approximate surface area is 190 Å². The van der Waals surface area contributed by atoms with Crippen LogP contribution in [-0.4, -0.2) is 26.0 Å². The third kappa shape index (κ3) is 4.28. The van der Waals surface area contributed by atoms with E-state index in [1.807, 2.05) is 0 Å². The second-order valence-corrected chi connectivity index (χ2v) is 7.71. The number of ether oxygens (including phenoxy) is 4. The van der Waals surface area contributed by atoms with Crippen molar-refractivity contribution in [1.82, 2.24) is 0 Å². The van der Waals surface area contributed by atoms with Crippen LogP contribution < -0.4 is 15.2 Å². The molecule has 172 valence electrons. The van der Waals surface area contributed by atoms with Crippen molar-refractivity contribution in [3.8, 4) is 11.5 Å². The quantitative estimate of drug-likeness (QED) is 0.663. The number of ketones is 1. The molecule has 7 nitrogen and oxygen atoms in total. The topological polar surface area (TPSA) is 97.1 Å². The molecule has 2 aliphatic rings. The van der Waals surface area contributed by atoms with Gasteiger partial charge in [-0.3, -0.25) is 4.79 Å². The van der Waals surface area contributed by atoms with Crippen molar-refractivity contribution in [1.29, 1.82) is 0 Å². The fraction of sp³-hybridized carbons (Fsp3) is 0.280. The molecule has 0 saturated heterocycles. The summed E-state index contributed by atoms with van der Waals surface area (Å²) in [5.74, 6) is -0.770. The van der Waals surface area contributed by atoms with Crippen LogP contribution in [0.3, 0.4) is 0 Å². The Kier molecular flexibility index (Phi) is 6.35. The highest BCUT2D eigenvalue weighted by Crippen LogP contribution is 2.45. The molecule has 2 N–H and O–H groups in total. The van der Waals surface area contributed by atoms with E-state index in [0.717, 1.165) is 0 Å². The summed E-state index contributed by atoms with van der Waals surface area (Å²) in [4.78, 5) is 25.4. The number of esters is 1. The number of hydrogen-bond donors (Lipinski definition) is 1. The highest BCUT2D eigenvalue weighted by Gasteiger charge is 2.41. The fourth-order valence-corrected chi connectivity index (χ4v) is 4.15. The predicted molar refractivity (Wildman–Crippen MR) is 117 cm³/mol. The zero-order chi connectivity index (χ0) is 23.5. The molecule has 0 radical (unpaired) electrons. The van der Waals surface area contributed by atoms with Crippen LogP contribution in [0.25, 0.3) is 0 Å². The molecule has 0 unspecified atom stereocenters. The van der Waals surface area contributed by atoms with Crippen molar-refractivity contribution in [3.05, 3.63) is 82.2 Å². The number of rotatable bonds is 6. The molecule has 0 amide bonds. The first-order valence-electron chi connectivity index (χ1n) is 10.5. The normalized spacial score (nSPS) is 17.9. The van der Waals surface area contributed by atoms with E-state index in [4.69, 9.17) is 24.7 Å². The number of carbonyl (C=O) groups is 2. The Morgan fingerprint density at radius 3 is 2.67 bits per heavy atom. The minimum atomic E-state index is -0.761. The summed E-state index contributed by atoms with van der Waals surface area (Å²) in [5.41, 5.74) is 7.55. The first kappa shape index (κ1) is 22.4. The standard InChI is InChI=1S/C25H24FNO6/c1-30-20-12-14(10-11-18(20)32-13-15-6-3-4-7-16(15)26)21-22-17(28)8-5-9-19(22)33-24(27)23(21)25(29)31-2/h3-4,6-7,10-12,21H,5,8-9,13,27H2,1-2H3/t21-/m1/s1. The molecule has 8 heteroatoms. The summed E-state index contributed by atoms with van der Waals surface area (Å²) < 4.78 is 35.8. The monoisotopic (exact) mass is 453 g/mol.